The van der Waals surface area contributed by atoms with Gasteiger partial charge in [-0.3, -0.25) is 4.79 Å². The highest BCUT2D eigenvalue weighted by Crippen LogP contribution is 2.32. The summed E-state index contributed by atoms with van der Waals surface area (Å²) in [5, 5.41) is 5.71. The van der Waals surface area contributed by atoms with Gasteiger partial charge in [-0.1, -0.05) is 19.9 Å². The minimum atomic E-state index is -0.581. The van der Waals surface area contributed by atoms with Crippen LogP contribution in [-0.2, 0) is 11.3 Å². The van der Waals surface area contributed by atoms with E-state index in [9.17, 15) is 9.59 Å². The van der Waals surface area contributed by atoms with E-state index in [0.29, 0.717) is 31.1 Å². The molecule has 0 fully saturated rings. The summed E-state index contributed by atoms with van der Waals surface area (Å²) in [7, 11) is 0. The quantitative estimate of drug-likeness (QED) is 0.790. The fourth-order valence-corrected chi connectivity index (χ4v) is 2.62. The van der Waals surface area contributed by atoms with Gasteiger partial charge < -0.3 is 25.0 Å². The third kappa shape index (κ3) is 4.78. The monoisotopic (exact) mass is 349 g/mol. The van der Waals surface area contributed by atoms with Crippen molar-refractivity contribution in [1.82, 2.24) is 15.5 Å². The first-order chi connectivity index (χ1) is 12.0. The lowest BCUT2D eigenvalue weighted by atomic mass is 10.0. The number of nitrogens with zero attached hydrogens (tertiary/aromatic N) is 1. The highest BCUT2D eigenvalue weighted by atomic mass is 16.7. The Hall–Kier alpha value is -2.44. The Morgan fingerprint density at radius 3 is 2.48 bits per heavy atom. The number of urea groups is 1. The summed E-state index contributed by atoms with van der Waals surface area (Å²) >= 11 is 0. The number of amides is 3. The fraction of sp³-hybridized carbons (Fsp3) is 0.556. The van der Waals surface area contributed by atoms with E-state index in [2.05, 4.69) is 10.6 Å². The van der Waals surface area contributed by atoms with Crippen LogP contribution < -0.4 is 20.1 Å². The highest BCUT2D eigenvalue weighted by molar-refractivity contribution is 5.87. The second-order valence-corrected chi connectivity index (χ2v) is 6.25. The summed E-state index contributed by atoms with van der Waals surface area (Å²) < 4.78 is 10.6. The van der Waals surface area contributed by atoms with Gasteiger partial charge >= 0.3 is 6.03 Å². The molecule has 7 nitrogen and oxygen atoms in total. The standard InChI is InChI=1S/C18H27N3O4/c1-5-21(6-2)18(23)20-16(12(3)4)17(22)19-10-13-7-8-14-15(9-13)25-11-24-14/h7-9,12,16H,5-6,10-11H2,1-4H3,(H,19,22)(H,20,23)/t16-/m1/s1. The minimum absolute atomic E-state index is 0.0173. The summed E-state index contributed by atoms with van der Waals surface area (Å²) in [5.41, 5.74) is 0.912. The van der Waals surface area contributed by atoms with E-state index in [-0.39, 0.29) is 24.6 Å². The molecular weight excluding hydrogens is 322 g/mol. The topological polar surface area (TPSA) is 79.9 Å². The average molecular weight is 349 g/mol. The van der Waals surface area contributed by atoms with Gasteiger partial charge in [0.25, 0.3) is 0 Å². The normalized spacial score (nSPS) is 13.5. The number of hydrogen-bond acceptors (Lipinski definition) is 4. The molecule has 0 spiro atoms. The Bertz CT molecular complexity index is 614. The second-order valence-electron chi connectivity index (χ2n) is 6.25. The van der Waals surface area contributed by atoms with Crippen molar-refractivity contribution in [1.29, 1.82) is 0 Å². The first kappa shape index (κ1) is 18.9. The zero-order valence-electron chi connectivity index (χ0n) is 15.3. The number of carbonyl (C=O) groups is 2. The minimum Gasteiger partial charge on any atom is -0.454 e. The molecule has 0 saturated heterocycles. The van der Waals surface area contributed by atoms with Gasteiger partial charge in [0.1, 0.15) is 6.04 Å². The molecule has 1 atom stereocenters. The molecule has 0 saturated carbocycles. The largest absolute Gasteiger partial charge is 0.454 e. The van der Waals surface area contributed by atoms with E-state index in [4.69, 9.17) is 9.47 Å². The van der Waals surface area contributed by atoms with E-state index in [1.807, 2.05) is 45.9 Å². The van der Waals surface area contributed by atoms with Crippen LogP contribution in [0.4, 0.5) is 4.79 Å². The molecule has 0 aromatic heterocycles. The van der Waals surface area contributed by atoms with Gasteiger partial charge in [0, 0.05) is 19.6 Å². The Morgan fingerprint density at radius 2 is 1.84 bits per heavy atom. The van der Waals surface area contributed by atoms with Gasteiger partial charge in [0.15, 0.2) is 11.5 Å². The molecule has 3 amide bonds. The van der Waals surface area contributed by atoms with Gasteiger partial charge in [0.05, 0.1) is 0 Å². The lowest BCUT2D eigenvalue weighted by Crippen LogP contribution is -2.53. The van der Waals surface area contributed by atoms with Crippen LogP contribution in [0.5, 0.6) is 11.5 Å². The molecule has 25 heavy (non-hydrogen) atoms. The Morgan fingerprint density at radius 1 is 1.16 bits per heavy atom. The third-order valence-corrected chi connectivity index (χ3v) is 4.18. The molecule has 0 unspecified atom stereocenters. The van der Waals surface area contributed by atoms with Crippen LogP contribution >= 0.6 is 0 Å². The van der Waals surface area contributed by atoms with Crippen molar-refractivity contribution in [3.05, 3.63) is 23.8 Å². The average Bonchev–Trinajstić information content (AvgIpc) is 3.06. The summed E-state index contributed by atoms with van der Waals surface area (Å²) in [6.07, 6.45) is 0. The molecule has 1 aromatic rings. The van der Waals surface area contributed by atoms with E-state index >= 15 is 0 Å². The van der Waals surface area contributed by atoms with Crippen molar-refractivity contribution in [2.24, 2.45) is 5.92 Å². The number of rotatable bonds is 7. The molecule has 1 aliphatic heterocycles. The van der Waals surface area contributed by atoms with E-state index in [1.165, 1.54) is 0 Å². The Kier molecular flexibility index (Phi) is 6.50. The summed E-state index contributed by atoms with van der Waals surface area (Å²) in [6.45, 7) is 9.43. The lowest BCUT2D eigenvalue weighted by molar-refractivity contribution is -0.124. The first-order valence-electron chi connectivity index (χ1n) is 8.67. The zero-order valence-corrected chi connectivity index (χ0v) is 15.3. The summed E-state index contributed by atoms with van der Waals surface area (Å²) in [5.74, 6) is 1.17. The SMILES string of the molecule is CCN(CC)C(=O)N[C@@H](C(=O)NCc1ccc2c(c1)OCO2)C(C)C. The van der Waals surface area contributed by atoms with Crippen molar-refractivity contribution in [2.75, 3.05) is 19.9 Å². The summed E-state index contributed by atoms with van der Waals surface area (Å²) in [6, 6.07) is 4.75. The van der Waals surface area contributed by atoms with Crippen LogP contribution in [0.15, 0.2) is 18.2 Å². The molecule has 138 valence electrons. The smallest absolute Gasteiger partial charge is 0.318 e. The molecule has 7 heteroatoms. The lowest BCUT2D eigenvalue weighted by Gasteiger charge is -2.26. The van der Waals surface area contributed by atoms with Crippen molar-refractivity contribution in [3.8, 4) is 11.5 Å². The zero-order chi connectivity index (χ0) is 18.4. The molecule has 0 bridgehead atoms. The van der Waals surface area contributed by atoms with Crippen molar-refractivity contribution in [2.45, 2.75) is 40.3 Å². The predicted octanol–water partition coefficient (Wildman–Crippen LogP) is 2.11. The van der Waals surface area contributed by atoms with Crippen molar-refractivity contribution >= 4 is 11.9 Å². The first-order valence-corrected chi connectivity index (χ1v) is 8.67. The number of carbonyl (C=O) groups excluding carboxylic acids is 2. The van der Waals surface area contributed by atoms with Gasteiger partial charge in [0.2, 0.25) is 12.7 Å². The van der Waals surface area contributed by atoms with Crippen LogP contribution in [0, 0.1) is 5.92 Å². The van der Waals surface area contributed by atoms with Crippen LogP contribution in [0.1, 0.15) is 33.3 Å². The molecule has 1 heterocycles. The molecule has 0 aliphatic carbocycles. The fourth-order valence-electron chi connectivity index (χ4n) is 2.62. The Balaban J connectivity index is 1.95. The van der Waals surface area contributed by atoms with E-state index in [1.54, 1.807) is 4.90 Å². The highest BCUT2D eigenvalue weighted by Gasteiger charge is 2.25. The van der Waals surface area contributed by atoms with Crippen LogP contribution in [-0.4, -0.2) is 42.8 Å². The number of fused-ring (bicyclic) bond motifs is 1. The summed E-state index contributed by atoms with van der Waals surface area (Å²) in [4.78, 5) is 26.4. The number of nitrogens with one attached hydrogen (secondary N) is 2. The molecule has 1 aromatic carbocycles. The van der Waals surface area contributed by atoms with E-state index < -0.39 is 6.04 Å². The predicted molar refractivity (Wildman–Crippen MR) is 94.5 cm³/mol. The van der Waals surface area contributed by atoms with Crippen LogP contribution in [0.2, 0.25) is 0 Å². The van der Waals surface area contributed by atoms with Gasteiger partial charge in [-0.25, -0.2) is 4.79 Å². The third-order valence-electron chi connectivity index (χ3n) is 4.18. The maximum Gasteiger partial charge on any atom is 0.318 e. The number of benzene rings is 1. The second kappa shape index (κ2) is 8.60. The molecule has 0 radical (unpaired) electrons. The number of ether oxygens (including phenoxy) is 2. The van der Waals surface area contributed by atoms with Gasteiger partial charge in [-0.15, -0.1) is 0 Å². The van der Waals surface area contributed by atoms with E-state index in [0.717, 1.165) is 5.56 Å². The Labute approximate surface area is 148 Å². The van der Waals surface area contributed by atoms with Crippen molar-refractivity contribution in [3.63, 3.8) is 0 Å². The molecule has 2 rings (SSSR count). The molecule has 1 aliphatic rings. The van der Waals surface area contributed by atoms with Gasteiger partial charge in [-0.2, -0.15) is 0 Å². The van der Waals surface area contributed by atoms with Gasteiger partial charge in [-0.05, 0) is 37.5 Å². The maximum absolute atomic E-state index is 12.5. The maximum atomic E-state index is 12.5. The molecule has 2 N–H and O–H groups in total. The molecular formula is C18H27N3O4. The van der Waals surface area contributed by atoms with Crippen molar-refractivity contribution < 1.29 is 19.1 Å². The number of hydrogen-bond donors (Lipinski definition) is 2. The van der Waals surface area contributed by atoms with Crippen LogP contribution in [0.25, 0.3) is 0 Å². The van der Waals surface area contributed by atoms with Crippen LogP contribution in [0.3, 0.4) is 0 Å².